The summed E-state index contributed by atoms with van der Waals surface area (Å²) >= 11 is 0.944. The topological polar surface area (TPSA) is 102 Å². The Morgan fingerprint density at radius 3 is 2.52 bits per heavy atom. The van der Waals surface area contributed by atoms with Crippen molar-refractivity contribution in [3.63, 3.8) is 0 Å². The number of rotatable bonds is 8. The fourth-order valence-electron chi connectivity index (χ4n) is 2.23. The Hall–Kier alpha value is -2.61. The second-order valence-corrected chi connectivity index (χ2v) is 8.85. The Morgan fingerprint density at radius 1 is 1.14 bits per heavy atom. The lowest BCUT2D eigenvalue weighted by Gasteiger charge is -2.22. The Balaban J connectivity index is 1.91. The van der Waals surface area contributed by atoms with Crippen molar-refractivity contribution in [3.05, 3.63) is 41.1 Å². The molecular weight excluding hydrogens is 438 g/mol. The van der Waals surface area contributed by atoms with E-state index in [9.17, 15) is 26.0 Å². The van der Waals surface area contributed by atoms with Gasteiger partial charge in [0.1, 0.15) is 9.88 Å². The Labute approximate surface area is 166 Å². The summed E-state index contributed by atoms with van der Waals surface area (Å²) < 4.78 is 81.9. The zero-order chi connectivity index (χ0) is 21.2. The lowest BCUT2D eigenvalue weighted by atomic mass is 10.3. The van der Waals surface area contributed by atoms with Crippen LogP contribution in [0.2, 0.25) is 0 Å². The molecule has 3 heterocycles. The standard InChI is InChI=1S/C15H13F4N5O3S2/c1-2-29(25,26)24(9-3-8(12(16)17)4-20-5-9)7-11-21-6-10(28-11)14-22-23-15(27-14)13(18)19/h3-6,12-13H,2,7H2,1H3. The number of anilines is 1. The minimum absolute atomic E-state index is 0.0424. The molecule has 3 rings (SSSR count). The summed E-state index contributed by atoms with van der Waals surface area (Å²) in [6, 6.07) is 1.03. The molecule has 156 valence electrons. The highest BCUT2D eigenvalue weighted by Gasteiger charge is 2.25. The first-order chi connectivity index (χ1) is 13.7. The van der Waals surface area contributed by atoms with Crippen LogP contribution in [0.3, 0.4) is 0 Å². The van der Waals surface area contributed by atoms with Gasteiger partial charge < -0.3 is 4.42 Å². The van der Waals surface area contributed by atoms with Crippen LogP contribution in [0.5, 0.6) is 0 Å². The number of thiazole rings is 1. The third-order valence-electron chi connectivity index (χ3n) is 3.66. The summed E-state index contributed by atoms with van der Waals surface area (Å²) in [7, 11) is -3.85. The molecule has 0 saturated heterocycles. The van der Waals surface area contributed by atoms with Crippen molar-refractivity contribution in [3.8, 4) is 10.8 Å². The van der Waals surface area contributed by atoms with Gasteiger partial charge in [-0.3, -0.25) is 9.29 Å². The van der Waals surface area contributed by atoms with Crippen LogP contribution in [0, 0.1) is 0 Å². The molecule has 0 fully saturated rings. The van der Waals surface area contributed by atoms with Gasteiger partial charge >= 0.3 is 6.43 Å². The molecule has 14 heteroatoms. The summed E-state index contributed by atoms with van der Waals surface area (Å²) in [4.78, 5) is 7.98. The fourth-order valence-corrected chi connectivity index (χ4v) is 4.20. The predicted molar refractivity (Wildman–Crippen MR) is 95.2 cm³/mol. The van der Waals surface area contributed by atoms with E-state index in [2.05, 4.69) is 20.2 Å². The van der Waals surface area contributed by atoms with Crippen molar-refractivity contribution in [2.45, 2.75) is 26.3 Å². The van der Waals surface area contributed by atoms with Gasteiger partial charge in [0.25, 0.3) is 18.2 Å². The van der Waals surface area contributed by atoms with Crippen LogP contribution in [-0.4, -0.2) is 34.3 Å². The second kappa shape index (κ2) is 8.41. The molecule has 0 amide bonds. The van der Waals surface area contributed by atoms with Crippen LogP contribution >= 0.6 is 11.3 Å². The van der Waals surface area contributed by atoms with E-state index in [-0.39, 0.29) is 33.8 Å². The van der Waals surface area contributed by atoms with Gasteiger partial charge in [0.2, 0.25) is 10.0 Å². The summed E-state index contributed by atoms with van der Waals surface area (Å²) in [6.45, 7) is 1.13. The van der Waals surface area contributed by atoms with Gasteiger partial charge in [-0.2, -0.15) is 8.78 Å². The monoisotopic (exact) mass is 451 g/mol. The highest BCUT2D eigenvalue weighted by Crippen LogP contribution is 2.30. The van der Waals surface area contributed by atoms with E-state index in [1.54, 1.807) is 0 Å². The Kier molecular flexibility index (Phi) is 6.12. The van der Waals surface area contributed by atoms with Crippen LogP contribution < -0.4 is 4.31 Å². The minimum Gasteiger partial charge on any atom is -0.414 e. The third kappa shape index (κ3) is 4.70. The molecule has 3 aromatic rings. The van der Waals surface area contributed by atoms with Crippen LogP contribution in [0.25, 0.3) is 10.8 Å². The van der Waals surface area contributed by atoms with E-state index < -0.39 is 34.3 Å². The lowest BCUT2D eigenvalue weighted by Crippen LogP contribution is -2.32. The van der Waals surface area contributed by atoms with E-state index in [0.717, 1.165) is 34.1 Å². The highest BCUT2D eigenvalue weighted by atomic mass is 32.2. The number of sulfonamides is 1. The van der Waals surface area contributed by atoms with Crippen LogP contribution in [-0.2, 0) is 16.6 Å². The maximum absolute atomic E-state index is 13.0. The average Bonchev–Trinajstić information content (AvgIpc) is 3.35. The van der Waals surface area contributed by atoms with Gasteiger partial charge in [-0.05, 0) is 13.0 Å². The molecule has 0 aromatic carbocycles. The maximum atomic E-state index is 13.0. The van der Waals surface area contributed by atoms with Gasteiger partial charge in [-0.25, -0.2) is 22.2 Å². The molecule has 0 aliphatic heterocycles. The first-order valence-electron chi connectivity index (χ1n) is 8.01. The van der Waals surface area contributed by atoms with E-state index in [4.69, 9.17) is 4.42 Å². The van der Waals surface area contributed by atoms with Crippen molar-refractivity contribution in [1.29, 1.82) is 0 Å². The molecule has 0 aliphatic carbocycles. The fraction of sp³-hybridized carbons (Fsp3) is 0.333. The van der Waals surface area contributed by atoms with Crippen molar-refractivity contribution in [2.75, 3.05) is 10.1 Å². The number of nitrogens with zero attached hydrogens (tertiary/aromatic N) is 5. The molecule has 3 aromatic heterocycles. The van der Waals surface area contributed by atoms with Crippen LogP contribution in [0.4, 0.5) is 23.2 Å². The molecule has 0 unspecified atom stereocenters. The molecular formula is C15H13F4N5O3S2. The molecule has 8 nitrogen and oxygen atoms in total. The molecule has 0 saturated carbocycles. The zero-order valence-electron chi connectivity index (χ0n) is 14.7. The second-order valence-electron chi connectivity index (χ2n) is 5.55. The molecule has 0 N–H and O–H groups in total. The number of hydrogen-bond donors (Lipinski definition) is 0. The molecule has 29 heavy (non-hydrogen) atoms. The summed E-state index contributed by atoms with van der Waals surface area (Å²) in [5, 5.41) is 6.98. The van der Waals surface area contributed by atoms with Gasteiger partial charge in [-0.1, -0.05) is 0 Å². The van der Waals surface area contributed by atoms with Gasteiger partial charge in [0, 0.05) is 11.8 Å². The van der Waals surface area contributed by atoms with Crippen molar-refractivity contribution in [2.24, 2.45) is 0 Å². The van der Waals surface area contributed by atoms with E-state index >= 15 is 0 Å². The maximum Gasteiger partial charge on any atom is 0.314 e. The summed E-state index contributed by atoms with van der Waals surface area (Å²) in [5.41, 5.74) is -0.469. The van der Waals surface area contributed by atoms with Gasteiger partial charge in [0.15, 0.2) is 0 Å². The molecule has 0 spiro atoms. The first kappa shape index (κ1) is 21.1. The van der Waals surface area contributed by atoms with E-state index in [0.29, 0.717) is 0 Å². The smallest absolute Gasteiger partial charge is 0.314 e. The normalized spacial score (nSPS) is 12.1. The van der Waals surface area contributed by atoms with E-state index in [1.807, 2.05) is 0 Å². The first-order valence-corrected chi connectivity index (χ1v) is 10.4. The number of halogens is 4. The van der Waals surface area contributed by atoms with Crippen molar-refractivity contribution < 1.29 is 30.4 Å². The van der Waals surface area contributed by atoms with Gasteiger partial charge in [0.05, 0.1) is 30.4 Å². The van der Waals surface area contributed by atoms with E-state index in [1.165, 1.54) is 13.1 Å². The zero-order valence-corrected chi connectivity index (χ0v) is 16.3. The number of aromatic nitrogens is 4. The quantitative estimate of drug-likeness (QED) is 0.480. The largest absolute Gasteiger partial charge is 0.414 e. The Morgan fingerprint density at radius 2 is 1.90 bits per heavy atom. The van der Waals surface area contributed by atoms with Gasteiger partial charge in [-0.15, -0.1) is 21.5 Å². The third-order valence-corrected chi connectivity index (χ3v) is 6.37. The number of alkyl halides is 4. The predicted octanol–water partition coefficient (Wildman–Crippen LogP) is 3.82. The summed E-state index contributed by atoms with van der Waals surface area (Å²) in [5.74, 6) is -1.32. The van der Waals surface area contributed by atoms with Crippen LogP contribution in [0.15, 0.2) is 29.1 Å². The molecule has 0 aliphatic rings. The molecule has 0 bridgehead atoms. The highest BCUT2D eigenvalue weighted by molar-refractivity contribution is 7.92. The van der Waals surface area contributed by atoms with Crippen LogP contribution in [0.1, 0.15) is 36.2 Å². The average molecular weight is 451 g/mol. The number of pyridine rings is 1. The molecule has 0 radical (unpaired) electrons. The Bertz CT molecular complexity index is 1090. The summed E-state index contributed by atoms with van der Waals surface area (Å²) in [6.07, 6.45) is -2.37. The van der Waals surface area contributed by atoms with Crippen molar-refractivity contribution >= 4 is 27.0 Å². The lowest BCUT2D eigenvalue weighted by molar-refractivity contribution is 0.116. The molecule has 0 atom stereocenters. The SMILES string of the molecule is CCS(=O)(=O)N(Cc1ncc(-c2nnc(C(F)F)o2)s1)c1cncc(C(F)F)c1. The number of hydrogen-bond acceptors (Lipinski definition) is 8. The van der Waals surface area contributed by atoms with Crippen molar-refractivity contribution in [1.82, 2.24) is 20.2 Å². The minimum atomic E-state index is -3.85.